The molecule has 0 saturated carbocycles. The fourth-order valence-electron chi connectivity index (χ4n) is 3.46. The number of hydrogen-bond acceptors (Lipinski definition) is 2. The maximum absolute atomic E-state index is 12.1. The number of benzene rings is 3. The van der Waals surface area contributed by atoms with Crippen molar-refractivity contribution < 1.29 is 9.53 Å². The molecule has 1 atom stereocenters. The van der Waals surface area contributed by atoms with Crippen LogP contribution in [-0.2, 0) is 4.79 Å². The van der Waals surface area contributed by atoms with Crippen LogP contribution in [-0.4, -0.2) is 6.29 Å². The van der Waals surface area contributed by atoms with Crippen LogP contribution in [0.3, 0.4) is 0 Å². The van der Waals surface area contributed by atoms with Crippen LogP contribution in [0.15, 0.2) is 84.4 Å². The number of allylic oxidation sites excluding steroid dienone is 1. The number of para-hydroxylation sites is 1. The van der Waals surface area contributed by atoms with E-state index in [9.17, 15) is 4.79 Å². The number of aldehydes is 1. The maximum atomic E-state index is 12.1. The quantitative estimate of drug-likeness (QED) is 0.624. The Bertz CT molecular complexity index is 955. The number of rotatable bonds is 3. The first-order chi connectivity index (χ1) is 12.3. The zero-order chi connectivity index (χ0) is 17.2. The third-order valence-electron chi connectivity index (χ3n) is 4.68. The van der Waals surface area contributed by atoms with E-state index >= 15 is 0 Å². The summed E-state index contributed by atoms with van der Waals surface area (Å²) in [6.45, 7) is 2.08. The zero-order valence-electron chi connectivity index (χ0n) is 14.0. The fraction of sp³-hybridized carbons (Fsp3) is 0.0870. The molecular formula is C23H18O2. The van der Waals surface area contributed by atoms with Crippen LogP contribution in [0.2, 0.25) is 0 Å². The predicted octanol–water partition coefficient (Wildman–Crippen LogP) is 5.13. The highest BCUT2D eigenvalue weighted by molar-refractivity contribution is 5.91. The zero-order valence-corrected chi connectivity index (χ0v) is 14.0. The average molecular weight is 326 g/mol. The molecule has 3 aromatic carbocycles. The lowest BCUT2D eigenvalue weighted by Gasteiger charge is -2.29. The molecule has 4 rings (SSSR count). The van der Waals surface area contributed by atoms with Crippen molar-refractivity contribution >= 4 is 12.0 Å². The molecule has 1 heterocycles. The number of aryl methyl sites for hydroxylation is 1. The third kappa shape index (κ3) is 2.66. The Kier molecular flexibility index (Phi) is 3.95. The van der Waals surface area contributed by atoms with Gasteiger partial charge < -0.3 is 4.74 Å². The topological polar surface area (TPSA) is 26.3 Å². The monoisotopic (exact) mass is 326 g/mol. The summed E-state index contributed by atoms with van der Waals surface area (Å²) in [6, 6.07) is 26.0. The second kappa shape index (κ2) is 6.40. The van der Waals surface area contributed by atoms with Gasteiger partial charge in [0, 0.05) is 22.6 Å². The number of carbonyl (C=O) groups excluding carboxylic acids is 1. The maximum Gasteiger partial charge on any atom is 0.150 e. The van der Waals surface area contributed by atoms with Crippen molar-refractivity contribution in [1.82, 2.24) is 0 Å². The fourth-order valence-corrected chi connectivity index (χ4v) is 3.46. The number of carbonyl (C=O) groups is 1. The molecule has 2 heteroatoms. The van der Waals surface area contributed by atoms with Gasteiger partial charge >= 0.3 is 0 Å². The molecule has 0 radical (unpaired) electrons. The Hall–Kier alpha value is -3.13. The van der Waals surface area contributed by atoms with Crippen LogP contribution in [0.1, 0.15) is 28.2 Å². The molecule has 0 aliphatic carbocycles. The van der Waals surface area contributed by atoms with Crippen molar-refractivity contribution in [1.29, 1.82) is 0 Å². The van der Waals surface area contributed by atoms with E-state index in [-0.39, 0.29) is 5.92 Å². The van der Waals surface area contributed by atoms with Gasteiger partial charge in [-0.05, 0) is 24.1 Å². The van der Waals surface area contributed by atoms with Crippen molar-refractivity contribution in [2.45, 2.75) is 12.8 Å². The van der Waals surface area contributed by atoms with Crippen molar-refractivity contribution in [3.05, 3.63) is 107 Å². The molecule has 1 aliphatic heterocycles. The highest BCUT2D eigenvalue weighted by Crippen LogP contribution is 2.45. The second-order valence-electron chi connectivity index (χ2n) is 6.20. The molecule has 1 aliphatic rings. The third-order valence-corrected chi connectivity index (χ3v) is 4.68. The predicted molar refractivity (Wildman–Crippen MR) is 99.5 cm³/mol. The normalized spacial score (nSPS) is 16.1. The molecular weight excluding hydrogens is 308 g/mol. The molecule has 25 heavy (non-hydrogen) atoms. The molecule has 0 unspecified atom stereocenters. The lowest BCUT2D eigenvalue weighted by molar-refractivity contribution is -0.105. The van der Waals surface area contributed by atoms with Gasteiger partial charge in [0.1, 0.15) is 11.5 Å². The Balaban J connectivity index is 2.00. The van der Waals surface area contributed by atoms with E-state index in [2.05, 4.69) is 19.1 Å². The van der Waals surface area contributed by atoms with Gasteiger partial charge in [-0.15, -0.1) is 0 Å². The molecule has 2 nitrogen and oxygen atoms in total. The molecule has 3 aromatic rings. The van der Waals surface area contributed by atoms with E-state index in [0.717, 1.165) is 34.3 Å². The number of ether oxygens (including phenoxy) is 1. The van der Waals surface area contributed by atoms with Gasteiger partial charge in [0.2, 0.25) is 0 Å². The van der Waals surface area contributed by atoms with E-state index in [1.165, 1.54) is 0 Å². The van der Waals surface area contributed by atoms with Gasteiger partial charge in [0.15, 0.2) is 6.29 Å². The Morgan fingerprint density at radius 2 is 1.44 bits per heavy atom. The molecule has 0 spiro atoms. The van der Waals surface area contributed by atoms with Crippen LogP contribution in [0.4, 0.5) is 0 Å². The van der Waals surface area contributed by atoms with Crippen molar-refractivity contribution in [3.8, 4) is 5.75 Å². The largest absolute Gasteiger partial charge is 0.456 e. The minimum atomic E-state index is -0.126. The highest BCUT2D eigenvalue weighted by Gasteiger charge is 2.31. The first-order valence-electron chi connectivity index (χ1n) is 8.36. The van der Waals surface area contributed by atoms with Crippen LogP contribution < -0.4 is 4.74 Å². The van der Waals surface area contributed by atoms with Crippen LogP contribution in [0, 0.1) is 6.92 Å². The van der Waals surface area contributed by atoms with Crippen LogP contribution >= 0.6 is 0 Å². The van der Waals surface area contributed by atoms with E-state index in [1.54, 1.807) is 0 Å². The summed E-state index contributed by atoms with van der Waals surface area (Å²) in [7, 11) is 0. The molecule has 0 fully saturated rings. The summed E-state index contributed by atoms with van der Waals surface area (Å²) in [5.41, 5.74) is 4.90. The summed E-state index contributed by atoms with van der Waals surface area (Å²) in [6.07, 6.45) is 0.940. The number of fused-ring (bicyclic) bond motifs is 1. The van der Waals surface area contributed by atoms with Crippen LogP contribution in [0.25, 0.3) is 5.76 Å². The first-order valence-corrected chi connectivity index (χ1v) is 8.36. The molecule has 0 bridgehead atoms. The van der Waals surface area contributed by atoms with E-state index in [0.29, 0.717) is 11.3 Å². The molecule has 0 aromatic heterocycles. The lowest BCUT2D eigenvalue weighted by atomic mass is 9.80. The van der Waals surface area contributed by atoms with Crippen molar-refractivity contribution in [2.75, 3.05) is 0 Å². The van der Waals surface area contributed by atoms with Crippen molar-refractivity contribution in [3.63, 3.8) is 0 Å². The van der Waals surface area contributed by atoms with Gasteiger partial charge in [0.05, 0.1) is 0 Å². The number of hydrogen-bond donors (Lipinski definition) is 0. The lowest BCUT2D eigenvalue weighted by Crippen LogP contribution is -2.18. The van der Waals surface area contributed by atoms with Gasteiger partial charge in [-0.1, -0.05) is 72.8 Å². The molecule has 0 amide bonds. The van der Waals surface area contributed by atoms with Gasteiger partial charge in [0.25, 0.3) is 0 Å². The summed E-state index contributed by atoms with van der Waals surface area (Å²) in [4.78, 5) is 12.1. The first kappa shape index (κ1) is 15.4. The Morgan fingerprint density at radius 3 is 2.16 bits per heavy atom. The summed E-state index contributed by atoms with van der Waals surface area (Å²) >= 11 is 0. The minimum Gasteiger partial charge on any atom is -0.456 e. The van der Waals surface area contributed by atoms with Crippen molar-refractivity contribution in [2.24, 2.45) is 0 Å². The summed E-state index contributed by atoms with van der Waals surface area (Å²) in [5.74, 6) is 1.32. The van der Waals surface area contributed by atoms with E-state index < -0.39 is 0 Å². The standard InChI is InChI=1S/C23H18O2/c1-16-9-5-6-12-18(16)22-19-13-7-8-14-21(19)25-23(20(22)15-24)17-10-3-2-4-11-17/h2-15,22H,1H3/t22-/m0/s1. The molecule has 0 saturated heterocycles. The average Bonchev–Trinajstić information content (AvgIpc) is 2.68. The Morgan fingerprint density at radius 1 is 0.800 bits per heavy atom. The van der Waals surface area contributed by atoms with Crippen LogP contribution in [0.5, 0.6) is 5.75 Å². The SMILES string of the molecule is Cc1ccccc1[C@@H]1C(C=O)=C(c2ccccc2)Oc2ccccc21. The Labute approximate surface area is 147 Å². The molecule has 122 valence electrons. The van der Waals surface area contributed by atoms with E-state index in [4.69, 9.17) is 4.74 Å². The van der Waals surface area contributed by atoms with Gasteiger partial charge in [-0.3, -0.25) is 4.79 Å². The minimum absolute atomic E-state index is 0.126. The van der Waals surface area contributed by atoms with E-state index in [1.807, 2.05) is 66.7 Å². The second-order valence-corrected chi connectivity index (χ2v) is 6.20. The summed E-state index contributed by atoms with van der Waals surface area (Å²) in [5, 5.41) is 0. The highest BCUT2D eigenvalue weighted by atomic mass is 16.5. The smallest absolute Gasteiger partial charge is 0.150 e. The van der Waals surface area contributed by atoms with Gasteiger partial charge in [-0.2, -0.15) is 0 Å². The van der Waals surface area contributed by atoms with Gasteiger partial charge in [-0.25, -0.2) is 0 Å². The summed E-state index contributed by atoms with van der Waals surface area (Å²) < 4.78 is 6.16. The molecule has 0 N–H and O–H groups in total.